The average Bonchev–Trinajstić information content (AvgIpc) is 3.06. The van der Waals surface area contributed by atoms with Gasteiger partial charge < -0.3 is 46.4 Å². The van der Waals surface area contributed by atoms with E-state index in [2.05, 4.69) is 25.9 Å². The maximum atomic E-state index is 13.1. The molecule has 2 heterocycles. The van der Waals surface area contributed by atoms with Gasteiger partial charge in [0.15, 0.2) is 5.82 Å². The number of hydrogen-bond acceptors (Lipinski definition) is 12. The van der Waals surface area contributed by atoms with Crippen LogP contribution in [0.4, 0.5) is 23.1 Å². The molecule has 2 aromatic rings. The van der Waals surface area contributed by atoms with Crippen molar-refractivity contribution < 1.29 is 38.9 Å². The Morgan fingerprint density at radius 2 is 1.79 bits per heavy atom. The first kappa shape index (κ1) is 43.8. The van der Waals surface area contributed by atoms with E-state index in [9.17, 15) is 33.9 Å². The fraction of sp³-hybridized carbons (Fsp3) is 0.500. The van der Waals surface area contributed by atoms with E-state index in [-0.39, 0.29) is 73.6 Å². The van der Waals surface area contributed by atoms with Crippen LogP contribution in [-0.4, -0.2) is 137 Å². The number of anilines is 4. The number of unbranched alkanes of at least 4 members (excludes halogenated alkanes) is 3. The second-order valence-electron chi connectivity index (χ2n) is 12.2. The first-order chi connectivity index (χ1) is 24.3. The third kappa shape index (κ3) is 14.0. The van der Waals surface area contributed by atoms with Crippen LogP contribution in [0.5, 0.6) is 0 Å². The Morgan fingerprint density at radius 3 is 2.42 bits per heavy atom. The van der Waals surface area contributed by atoms with Gasteiger partial charge in [-0.15, -0.1) is 0 Å². The first-order valence-electron chi connectivity index (χ1n) is 16.9. The number of nitrogens with two attached hydrogens (primary N) is 1. The molecule has 0 aliphatic carbocycles. The summed E-state index contributed by atoms with van der Waals surface area (Å²) in [7, 11) is 0. The number of rotatable bonds is 20. The third-order valence-electron chi connectivity index (χ3n) is 8.12. The first-order valence-corrected chi connectivity index (χ1v) is 16.9. The number of nitrogens with one attached hydrogen (secondary N) is 4. The molecule has 2 atom stereocenters. The predicted octanol–water partition coefficient (Wildman–Crippen LogP) is 2.00. The molecule has 0 fully saturated rings. The van der Waals surface area contributed by atoms with Crippen molar-refractivity contribution in [3.8, 4) is 0 Å². The predicted molar refractivity (Wildman–Crippen MR) is 196 cm³/mol. The summed E-state index contributed by atoms with van der Waals surface area (Å²) in [6, 6.07) is 4.71. The molecule has 0 saturated heterocycles. The van der Waals surface area contributed by atoms with Crippen molar-refractivity contribution in [1.82, 2.24) is 20.2 Å². The number of aliphatic carboxylic acids is 2. The van der Waals surface area contributed by atoms with E-state index in [4.69, 9.17) is 15.6 Å². The van der Waals surface area contributed by atoms with Gasteiger partial charge in [-0.2, -0.15) is 4.98 Å². The van der Waals surface area contributed by atoms with Crippen molar-refractivity contribution in [2.75, 3.05) is 54.1 Å². The van der Waals surface area contributed by atoms with E-state index in [1.165, 1.54) is 19.1 Å². The SMILES string of the molecule is CCOC(=O)CCCCCCN(/C=C(\C)CN1c2c(nc(N)[nH]c2=O)NCC1CNc1ccc(C(=O)NC(CCC(=O)O)C(=O)O)cc1)C(C)=O.[Ca+2]. The van der Waals surface area contributed by atoms with Crippen LogP contribution < -0.4 is 32.1 Å². The van der Waals surface area contributed by atoms with Crippen molar-refractivity contribution in [3.63, 3.8) is 0 Å². The van der Waals surface area contributed by atoms with Crippen LogP contribution in [0, 0.1) is 0 Å². The number of carboxylic acids is 2. The fourth-order valence-corrected chi connectivity index (χ4v) is 5.54. The molecule has 0 radical (unpaired) electrons. The molecule has 17 nitrogen and oxygen atoms in total. The molecule has 1 aliphatic heterocycles. The van der Waals surface area contributed by atoms with Crippen molar-refractivity contribution in [2.24, 2.45) is 0 Å². The van der Waals surface area contributed by atoms with Gasteiger partial charge in [0.25, 0.3) is 11.5 Å². The summed E-state index contributed by atoms with van der Waals surface area (Å²) in [5.41, 5.74) is 7.35. The maximum absolute atomic E-state index is 13.1. The number of nitrogen functional groups attached to an aromatic ring is 1. The number of carbonyl (C=O) groups is 5. The van der Waals surface area contributed by atoms with Gasteiger partial charge in [0.2, 0.25) is 11.9 Å². The third-order valence-corrected chi connectivity index (χ3v) is 8.12. The minimum Gasteiger partial charge on any atom is -0.481 e. The van der Waals surface area contributed by atoms with Crippen molar-refractivity contribution in [2.45, 2.75) is 77.8 Å². The smallest absolute Gasteiger partial charge is 0.481 e. The zero-order valence-corrected chi connectivity index (χ0v) is 32.1. The van der Waals surface area contributed by atoms with E-state index < -0.39 is 35.9 Å². The Labute approximate surface area is 331 Å². The van der Waals surface area contributed by atoms with Gasteiger partial charge in [-0.05, 0) is 62.9 Å². The molecule has 8 N–H and O–H groups in total. The number of aromatic nitrogens is 2. The van der Waals surface area contributed by atoms with Crippen LogP contribution >= 0.6 is 0 Å². The Kier molecular flexibility index (Phi) is 18.4. The molecule has 52 heavy (non-hydrogen) atoms. The maximum Gasteiger partial charge on any atom is 2.00 e. The quantitative estimate of drug-likeness (QED) is 0.0581. The summed E-state index contributed by atoms with van der Waals surface area (Å²) in [4.78, 5) is 82.5. The van der Waals surface area contributed by atoms with Gasteiger partial charge >= 0.3 is 55.6 Å². The number of esters is 1. The second kappa shape index (κ2) is 21.9. The van der Waals surface area contributed by atoms with Crippen LogP contribution in [0.25, 0.3) is 0 Å². The van der Waals surface area contributed by atoms with Crippen molar-refractivity contribution in [1.29, 1.82) is 0 Å². The zero-order valence-electron chi connectivity index (χ0n) is 29.9. The number of aromatic amines is 1. The standard InChI is InChI=1S/C34H48N8O9.Ca/c1-4-51-28(46)9-7-5-6-8-16-41(22(3)43)19-21(2)20-42-25(18-37-30-29(42)32(48)40-34(35)39-30)17-36-24-12-10-23(11-13-24)31(47)38-26(33(49)50)14-15-27(44)45;/h10-13,19,25-26,36H,4-9,14-18,20H2,1-3H3,(H,38,47)(H,44,45)(H,49,50)(H4,35,37,39,40,48);/q;+2/b21-19+;. The van der Waals surface area contributed by atoms with Gasteiger partial charge in [0, 0.05) is 63.4 Å². The minimum atomic E-state index is -1.35. The summed E-state index contributed by atoms with van der Waals surface area (Å²) in [6.07, 6.45) is 4.67. The fourth-order valence-electron chi connectivity index (χ4n) is 5.54. The molecule has 2 amide bonds. The number of benzene rings is 1. The van der Waals surface area contributed by atoms with E-state index in [1.54, 1.807) is 30.2 Å². The monoisotopic (exact) mass is 752 g/mol. The Morgan fingerprint density at radius 1 is 1.10 bits per heavy atom. The molecule has 0 spiro atoms. The molecule has 0 saturated carbocycles. The number of H-pyrrole nitrogens is 1. The number of carbonyl (C=O) groups excluding carboxylic acids is 3. The molecular weight excluding hydrogens is 704 g/mol. The van der Waals surface area contributed by atoms with Crippen LogP contribution in [0.3, 0.4) is 0 Å². The van der Waals surface area contributed by atoms with Gasteiger partial charge in [-0.25, -0.2) is 4.79 Å². The van der Waals surface area contributed by atoms with Crippen LogP contribution in [0.2, 0.25) is 0 Å². The van der Waals surface area contributed by atoms with E-state index in [0.717, 1.165) is 31.3 Å². The summed E-state index contributed by atoms with van der Waals surface area (Å²) < 4.78 is 4.96. The molecule has 2 unspecified atom stereocenters. The average molecular weight is 753 g/mol. The molecule has 3 rings (SSSR count). The van der Waals surface area contributed by atoms with E-state index in [0.29, 0.717) is 56.4 Å². The molecule has 0 bridgehead atoms. The molecule has 278 valence electrons. The van der Waals surface area contributed by atoms with E-state index >= 15 is 0 Å². The summed E-state index contributed by atoms with van der Waals surface area (Å²) in [5.74, 6) is -3.16. The van der Waals surface area contributed by atoms with Crippen LogP contribution in [0.15, 0.2) is 40.8 Å². The Bertz CT molecular complexity index is 1630. The summed E-state index contributed by atoms with van der Waals surface area (Å²) in [5, 5.41) is 27.0. The van der Waals surface area contributed by atoms with Crippen LogP contribution in [0.1, 0.15) is 76.1 Å². The number of hydrogen-bond donors (Lipinski definition) is 7. The largest absolute Gasteiger partial charge is 2.00 e. The second-order valence-corrected chi connectivity index (χ2v) is 12.2. The number of fused-ring (bicyclic) bond motifs is 1. The zero-order chi connectivity index (χ0) is 37.5. The van der Waals surface area contributed by atoms with Crippen molar-refractivity contribution in [3.05, 3.63) is 52.0 Å². The minimum absolute atomic E-state index is 0. The summed E-state index contributed by atoms with van der Waals surface area (Å²) >= 11 is 0. The number of carboxylic acid groups (broad SMARTS) is 2. The van der Waals surface area contributed by atoms with Gasteiger partial charge in [-0.3, -0.25) is 29.0 Å². The Hall–Kier alpha value is -4.35. The summed E-state index contributed by atoms with van der Waals surface area (Å²) in [6.45, 7) is 7.06. The molecule has 1 aliphatic rings. The number of nitrogens with zero attached hydrogens (tertiary/aromatic N) is 3. The van der Waals surface area contributed by atoms with Gasteiger partial charge in [0.05, 0.1) is 12.6 Å². The normalized spacial score (nSPS) is 14.2. The number of ether oxygens (including phenoxy) is 1. The molecule has 1 aromatic carbocycles. The van der Waals surface area contributed by atoms with Gasteiger partial charge in [-0.1, -0.05) is 12.8 Å². The molecular formula is C34H48CaN8O9+2. The van der Waals surface area contributed by atoms with Crippen LogP contribution in [-0.2, 0) is 23.9 Å². The Balaban J connectivity index is 0.00000936. The topological polar surface area (TPSA) is 249 Å². The molecule has 18 heteroatoms. The number of amides is 2. The molecule has 1 aromatic heterocycles. The van der Waals surface area contributed by atoms with E-state index in [1.807, 2.05) is 11.8 Å². The van der Waals surface area contributed by atoms with Gasteiger partial charge in [0.1, 0.15) is 11.7 Å². The van der Waals surface area contributed by atoms with Crippen molar-refractivity contribution >= 4 is 90.6 Å².